The van der Waals surface area contributed by atoms with E-state index in [4.69, 9.17) is 0 Å². The molecule has 1 aliphatic rings. The summed E-state index contributed by atoms with van der Waals surface area (Å²) in [6, 6.07) is 8.19. The first kappa shape index (κ1) is 21.9. The Balaban J connectivity index is 0.00000156. The largest absolute Gasteiger partial charge is 0.391 e. The maximum atomic E-state index is 12.0. The average molecular weight is 404 g/mol. The number of aliphatic hydroxyl groups excluding tert-OH is 1. The molecule has 8 heteroatoms. The molecule has 2 heterocycles. The van der Waals surface area contributed by atoms with Gasteiger partial charge < -0.3 is 15.7 Å². The minimum atomic E-state index is -0.373. The summed E-state index contributed by atoms with van der Waals surface area (Å²) in [5.41, 5.74) is 3.07. The standard InChI is InChI=1S/C17H21N3O2S.2ClH/c1-11-3-2-4-12(5-11)17-20-14(10-23-17)6-16(22)19-8-13-7-18-9-15(13)21;;/h2-5,10,13,15,18,21H,6-9H2,1H3,(H,19,22);2*1H. The van der Waals surface area contributed by atoms with Crippen molar-refractivity contribution in [1.29, 1.82) is 0 Å². The lowest BCUT2D eigenvalue weighted by Crippen LogP contribution is -2.35. The molecule has 0 bridgehead atoms. The highest BCUT2D eigenvalue weighted by Crippen LogP contribution is 2.24. The molecular formula is C17H23Cl2N3O2S. The van der Waals surface area contributed by atoms with Crippen molar-refractivity contribution in [3.8, 4) is 10.6 Å². The maximum absolute atomic E-state index is 12.0. The van der Waals surface area contributed by atoms with Gasteiger partial charge in [-0.2, -0.15) is 0 Å². The Labute approximate surface area is 164 Å². The number of aliphatic hydroxyl groups is 1. The third-order valence-electron chi connectivity index (χ3n) is 4.02. The first-order valence-corrected chi connectivity index (χ1v) is 8.66. The highest BCUT2D eigenvalue weighted by molar-refractivity contribution is 7.13. The van der Waals surface area contributed by atoms with Crippen molar-refractivity contribution in [2.75, 3.05) is 19.6 Å². The lowest BCUT2D eigenvalue weighted by Gasteiger charge is -2.13. The highest BCUT2D eigenvalue weighted by atomic mass is 35.5. The molecule has 25 heavy (non-hydrogen) atoms. The summed E-state index contributed by atoms with van der Waals surface area (Å²) < 4.78 is 0. The fourth-order valence-corrected chi connectivity index (χ4v) is 3.52. The average Bonchev–Trinajstić information content (AvgIpc) is 3.14. The SMILES string of the molecule is Cc1cccc(-c2nc(CC(=O)NCC3CNCC3O)cs2)c1.Cl.Cl. The fourth-order valence-electron chi connectivity index (χ4n) is 2.70. The van der Waals surface area contributed by atoms with Crippen LogP contribution < -0.4 is 10.6 Å². The van der Waals surface area contributed by atoms with Crippen LogP contribution in [0.1, 0.15) is 11.3 Å². The Morgan fingerprint density at radius 1 is 1.40 bits per heavy atom. The van der Waals surface area contributed by atoms with Crippen molar-refractivity contribution in [1.82, 2.24) is 15.6 Å². The third-order valence-corrected chi connectivity index (χ3v) is 4.96. The molecule has 2 unspecified atom stereocenters. The van der Waals surface area contributed by atoms with Crippen LogP contribution >= 0.6 is 36.2 Å². The lowest BCUT2D eigenvalue weighted by molar-refractivity contribution is -0.120. The van der Waals surface area contributed by atoms with Crippen LogP contribution in [-0.2, 0) is 11.2 Å². The van der Waals surface area contributed by atoms with Crippen LogP contribution in [0, 0.1) is 12.8 Å². The molecule has 138 valence electrons. The van der Waals surface area contributed by atoms with Crippen molar-refractivity contribution in [3.63, 3.8) is 0 Å². The quantitative estimate of drug-likeness (QED) is 0.715. The minimum Gasteiger partial charge on any atom is -0.391 e. The van der Waals surface area contributed by atoms with Crippen LogP contribution in [0.3, 0.4) is 0 Å². The molecule has 1 saturated heterocycles. The Bertz CT molecular complexity index is 696. The van der Waals surface area contributed by atoms with Gasteiger partial charge in [-0.15, -0.1) is 36.2 Å². The number of nitrogens with zero attached hydrogens (tertiary/aromatic N) is 1. The van der Waals surface area contributed by atoms with Crippen LogP contribution in [0.4, 0.5) is 0 Å². The molecule has 5 nitrogen and oxygen atoms in total. The van der Waals surface area contributed by atoms with E-state index in [9.17, 15) is 9.90 Å². The second kappa shape index (κ2) is 10.1. The molecule has 0 aliphatic carbocycles. The number of carbonyl (C=O) groups is 1. The first-order chi connectivity index (χ1) is 11.1. The van der Waals surface area contributed by atoms with Crippen molar-refractivity contribution >= 4 is 42.1 Å². The molecule has 3 rings (SSSR count). The second-order valence-electron chi connectivity index (χ2n) is 5.98. The fraction of sp³-hybridized carbons (Fsp3) is 0.412. The Morgan fingerprint density at radius 3 is 2.88 bits per heavy atom. The second-order valence-corrected chi connectivity index (χ2v) is 6.84. The number of hydrogen-bond donors (Lipinski definition) is 3. The van der Waals surface area contributed by atoms with Gasteiger partial charge in [0.05, 0.1) is 18.2 Å². The summed E-state index contributed by atoms with van der Waals surface area (Å²) in [5.74, 6) is 0.0439. The van der Waals surface area contributed by atoms with Gasteiger partial charge in [-0.05, 0) is 13.0 Å². The number of carbonyl (C=O) groups excluding carboxylic acids is 1. The monoisotopic (exact) mass is 403 g/mol. The van der Waals surface area contributed by atoms with Crippen molar-refractivity contribution in [2.24, 2.45) is 5.92 Å². The van der Waals surface area contributed by atoms with E-state index in [1.807, 2.05) is 17.5 Å². The van der Waals surface area contributed by atoms with Gasteiger partial charge in [0.25, 0.3) is 0 Å². The number of hydrogen-bond acceptors (Lipinski definition) is 5. The molecule has 2 atom stereocenters. The van der Waals surface area contributed by atoms with E-state index in [-0.39, 0.29) is 49.2 Å². The van der Waals surface area contributed by atoms with Crippen LogP contribution in [-0.4, -0.2) is 41.7 Å². The van der Waals surface area contributed by atoms with E-state index in [0.717, 1.165) is 22.8 Å². The third kappa shape index (κ3) is 5.94. The predicted molar refractivity (Wildman–Crippen MR) is 106 cm³/mol. The molecular weight excluding hydrogens is 381 g/mol. The van der Waals surface area contributed by atoms with Crippen molar-refractivity contribution < 1.29 is 9.90 Å². The molecule has 1 fully saturated rings. The van der Waals surface area contributed by atoms with Gasteiger partial charge in [0.15, 0.2) is 0 Å². The van der Waals surface area contributed by atoms with Crippen LogP contribution in [0.15, 0.2) is 29.6 Å². The van der Waals surface area contributed by atoms with Crippen molar-refractivity contribution in [2.45, 2.75) is 19.4 Å². The van der Waals surface area contributed by atoms with Gasteiger partial charge in [-0.1, -0.05) is 23.8 Å². The molecule has 0 spiro atoms. The van der Waals surface area contributed by atoms with E-state index in [1.54, 1.807) is 11.3 Å². The molecule has 3 N–H and O–H groups in total. The van der Waals surface area contributed by atoms with Gasteiger partial charge in [0.1, 0.15) is 5.01 Å². The molecule has 1 aromatic carbocycles. The number of nitrogens with one attached hydrogen (secondary N) is 2. The number of β-amino-alcohol motifs (C(OH)–C–C–N with tert-alkyl or cyclic N) is 1. The van der Waals surface area contributed by atoms with Gasteiger partial charge in [-0.25, -0.2) is 4.98 Å². The predicted octanol–water partition coefficient (Wildman–Crippen LogP) is 2.20. The Morgan fingerprint density at radius 2 is 2.20 bits per heavy atom. The van der Waals surface area contributed by atoms with Gasteiger partial charge in [0, 0.05) is 36.5 Å². The van der Waals surface area contributed by atoms with Crippen LogP contribution in [0.25, 0.3) is 10.6 Å². The van der Waals surface area contributed by atoms with E-state index in [0.29, 0.717) is 13.1 Å². The number of amides is 1. The minimum absolute atomic E-state index is 0. The van der Waals surface area contributed by atoms with Crippen LogP contribution in [0.5, 0.6) is 0 Å². The number of rotatable bonds is 5. The zero-order chi connectivity index (χ0) is 16.2. The summed E-state index contributed by atoms with van der Waals surface area (Å²) in [4.78, 5) is 16.6. The van der Waals surface area contributed by atoms with E-state index in [2.05, 4.69) is 34.7 Å². The maximum Gasteiger partial charge on any atom is 0.226 e. The summed E-state index contributed by atoms with van der Waals surface area (Å²) >= 11 is 1.56. The molecule has 1 aromatic heterocycles. The van der Waals surface area contributed by atoms with Gasteiger partial charge >= 0.3 is 0 Å². The zero-order valence-corrected chi connectivity index (χ0v) is 16.3. The molecule has 1 aliphatic heterocycles. The number of benzene rings is 1. The zero-order valence-electron chi connectivity index (χ0n) is 13.9. The lowest BCUT2D eigenvalue weighted by atomic mass is 10.1. The first-order valence-electron chi connectivity index (χ1n) is 7.79. The Hall–Kier alpha value is -1.18. The molecule has 1 amide bonds. The van der Waals surface area contributed by atoms with Crippen LogP contribution in [0.2, 0.25) is 0 Å². The molecule has 2 aromatic rings. The summed E-state index contributed by atoms with van der Waals surface area (Å²) in [7, 11) is 0. The number of thiazole rings is 1. The Kier molecular flexibility index (Phi) is 8.82. The molecule has 0 radical (unpaired) electrons. The summed E-state index contributed by atoms with van der Waals surface area (Å²) in [6.07, 6.45) is -0.0963. The van der Waals surface area contributed by atoms with Gasteiger partial charge in [-0.3, -0.25) is 4.79 Å². The highest BCUT2D eigenvalue weighted by Gasteiger charge is 2.25. The van der Waals surface area contributed by atoms with E-state index >= 15 is 0 Å². The van der Waals surface area contributed by atoms with E-state index in [1.165, 1.54) is 5.56 Å². The summed E-state index contributed by atoms with van der Waals surface area (Å²) in [5, 5.41) is 18.6. The normalized spacial score (nSPS) is 19.0. The molecule has 0 saturated carbocycles. The topological polar surface area (TPSA) is 74.2 Å². The smallest absolute Gasteiger partial charge is 0.226 e. The number of aryl methyl sites for hydroxylation is 1. The number of aromatic nitrogens is 1. The summed E-state index contributed by atoms with van der Waals surface area (Å²) in [6.45, 7) is 3.90. The van der Waals surface area contributed by atoms with Crippen molar-refractivity contribution in [3.05, 3.63) is 40.9 Å². The number of halogens is 2. The van der Waals surface area contributed by atoms with E-state index < -0.39 is 0 Å². The van der Waals surface area contributed by atoms with Gasteiger partial charge in [0.2, 0.25) is 5.91 Å².